The molecule has 1 fully saturated rings. The Morgan fingerprint density at radius 1 is 1.23 bits per heavy atom. The highest BCUT2D eigenvalue weighted by Crippen LogP contribution is 2.35. The Morgan fingerprint density at radius 2 is 2.03 bits per heavy atom. The Bertz CT molecular complexity index is 1390. The molecular formula is C25H31ClN8O4S. The summed E-state index contributed by atoms with van der Waals surface area (Å²) in [7, 11) is 1.54. The van der Waals surface area contributed by atoms with E-state index in [-0.39, 0.29) is 47.9 Å². The lowest BCUT2D eigenvalue weighted by molar-refractivity contribution is -0.124. The molecule has 4 heterocycles. The molecule has 3 aromatic rings. The second-order valence-electron chi connectivity index (χ2n) is 9.41. The number of aliphatic imine (C=N–C) groups is 1. The molecule has 0 aliphatic carbocycles. The van der Waals surface area contributed by atoms with E-state index in [9.17, 15) is 19.5 Å². The van der Waals surface area contributed by atoms with Gasteiger partial charge in [0.1, 0.15) is 22.0 Å². The fourth-order valence-electron chi connectivity index (χ4n) is 4.62. The number of ketones is 1. The van der Waals surface area contributed by atoms with Gasteiger partial charge in [-0.25, -0.2) is 9.97 Å². The molecule has 0 radical (unpaired) electrons. The third-order valence-electron chi connectivity index (χ3n) is 6.57. The summed E-state index contributed by atoms with van der Waals surface area (Å²) in [5.41, 5.74) is 11.7. The average Bonchev–Trinajstić information content (AvgIpc) is 3.64. The van der Waals surface area contributed by atoms with Crippen molar-refractivity contribution in [3.8, 4) is 0 Å². The number of pyridine rings is 1. The van der Waals surface area contributed by atoms with Crippen molar-refractivity contribution in [3.05, 3.63) is 51.3 Å². The maximum atomic E-state index is 13.4. The van der Waals surface area contributed by atoms with Crippen LogP contribution in [0.1, 0.15) is 64.1 Å². The summed E-state index contributed by atoms with van der Waals surface area (Å²) >= 11 is 7.29. The number of fused-ring (bicyclic) bond motifs is 1. The lowest BCUT2D eigenvalue weighted by atomic mass is 9.94. The number of hydrogen-bond donors (Lipinski definition) is 4. The van der Waals surface area contributed by atoms with Gasteiger partial charge in [0.15, 0.2) is 11.7 Å². The lowest BCUT2D eigenvalue weighted by Gasteiger charge is -2.21. The summed E-state index contributed by atoms with van der Waals surface area (Å²) in [5.74, 6) is -1.32. The summed E-state index contributed by atoms with van der Waals surface area (Å²) in [5, 5.41) is 15.7. The fraction of sp³-hybridized carbons (Fsp3) is 0.440. The number of aliphatic hydroxyl groups excluding tert-OH is 1. The van der Waals surface area contributed by atoms with E-state index in [1.807, 2.05) is 0 Å². The molecule has 39 heavy (non-hydrogen) atoms. The highest BCUT2D eigenvalue weighted by Gasteiger charge is 2.38. The van der Waals surface area contributed by atoms with Crippen LogP contribution in [0.4, 0.5) is 0 Å². The van der Waals surface area contributed by atoms with Crippen molar-refractivity contribution in [2.45, 2.75) is 44.2 Å². The molecule has 0 saturated carbocycles. The Kier molecular flexibility index (Phi) is 9.15. The zero-order chi connectivity index (χ0) is 28.1. The van der Waals surface area contributed by atoms with E-state index in [0.717, 1.165) is 0 Å². The standard InChI is InChI=1S/C25H31ClN8O4S/c1-29-22(37)14(4-2-3-7-30-25(27)28)8-20(36)18-13-39-23(32-18)19-9-16(35)11-34(19)24(38)17-12-33-10-15(26)5-6-21(33)31-17/h5-6,10,12-14,16,19,35H,2-4,7-9,11H2,1H3,(H,29,37)(H4,27,28,30)/t14-,16-,19+/m1/s1. The first-order valence-electron chi connectivity index (χ1n) is 12.5. The van der Waals surface area contributed by atoms with Crippen molar-refractivity contribution in [3.63, 3.8) is 0 Å². The molecule has 3 atom stereocenters. The van der Waals surface area contributed by atoms with Gasteiger partial charge in [0.25, 0.3) is 5.91 Å². The third kappa shape index (κ3) is 6.91. The van der Waals surface area contributed by atoms with Gasteiger partial charge in [-0.2, -0.15) is 0 Å². The number of carbonyl (C=O) groups excluding carboxylic acids is 3. The van der Waals surface area contributed by atoms with E-state index in [1.54, 1.807) is 34.3 Å². The summed E-state index contributed by atoms with van der Waals surface area (Å²) in [6.07, 6.45) is 4.69. The number of imidazole rings is 1. The summed E-state index contributed by atoms with van der Waals surface area (Å²) in [6, 6.07) is 2.90. The minimum atomic E-state index is -0.731. The van der Waals surface area contributed by atoms with Gasteiger partial charge in [0.2, 0.25) is 5.91 Å². The average molecular weight is 575 g/mol. The number of nitrogens with zero attached hydrogens (tertiary/aromatic N) is 5. The molecule has 0 bridgehead atoms. The first-order chi connectivity index (χ1) is 18.7. The van der Waals surface area contributed by atoms with Crippen LogP contribution in [0.5, 0.6) is 0 Å². The van der Waals surface area contributed by atoms with E-state index >= 15 is 0 Å². The predicted molar refractivity (Wildman–Crippen MR) is 148 cm³/mol. The topological polar surface area (TPSA) is 181 Å². The molecule has 1 saturated heterocycles. The zero-order valence-electron chi connectivity index (χ0n) is 21.4. The van der Waals surface area contributed by atoms with Gasteiger partial charge < -0.3 is 31.2 Å². The number of aromatic nitrogens is 3. The molecule has 14 heteroatoms. The van der Waals surface area contributed by atoms with Crippen molar-refractivity contribution in [2.75, 3.05) is 20.1 Å². The van der Waals surface area contributed by atoms with Crippen LogP contribution in [-0.4, -0.2) is 74.2 Å². The Morgan fingerprint density at radius 3 is 2.77 bits per heavy atom. The van der Waals surface area contributed by atoms with Crippen LogP contribution >= 0.6 is 22.9 Å². The van der Waals surface area contributed by atoms with Crippen molar-refractivity contribution >= 4 is 52.1 Å². The Hall–Kier alpha value is -3.55. The number of thiazole rings is 1. The number of guanidine groups is 1. The van der Waals surface area contributed by atoms with E-state index in [2.05, 4.69) is 20.3 Å². The number of β-amino-alcohol motifs (C(OH)–C–C–N with tert-alkyl or cyclic N) is 1. The van der Waals surface area contributed by atoms with E-state index in [1.165, 1.54) is 23.3 Å². The normalized spacial score (nSPS) is 17.8. The number of unbranched alkanes of at least 4 members (excludes halogenated alkanes) is 1. The van der Waals surface area contributed by atoms with E-state index in [0.29, 0.717) is 47.9 Å². The number of hydrogen-bond acceptors (Lipinski definition) is 8. The van der Waals surface area contributed by atoms with Crippen LogP contribution in [0.25, 0.3) is 5.65 Å². The molecule has 2 amide bonds. The van der Waals surface area contributed by atoms with Crippen molar-refractivity contribution in [1.29, 1.82) is 0 Å². The summed E-state index contributed by atoms with van der Waals surface area (Å²) < 4.78 is 1.67. The largest absolute Gasteiger partial charge is 0.391 e. The molecule has 208 valence electrons. The molecule has 6 N–H and O–H groups in total. The Balaban J connectivity index is 1.44. The van der Waals surface area contributed by atoms with Gasteiger partial charge in [0, 0.05) is 56.7 Å². The lowest BCUT2D eigenvalue weighted by Crippen LogP contribution is -2.32. The van der Waals surface area contributed by atoms with Crippen LogP contribution in [-0.2, 0) is 4.79 Å². The molecule has 0 unspecified atom stereocenters. The van der Waals surface area contributed by atoms with Crippen LogP contribution in [0.15, 0.2) is 34.9 Å². The first kappa shape index (κ1) is 28.5. The molecule has 1 aliphatic heterocycles. The van der Waals surface area contributed by atoms with Gasteiger partial charge in [-0.15, -0.1) is 11.3 Å². The number of halogens is 1. The second-order valence-corrected chi connectivity index (χ2v) is 10.7. The number of nitrogens with two attached hydrogens (primary N) is 2. The SMILES string of the molecule is CNC(=O)[C@H](CCCCN=C(N)N)CC(=O)c1csc([C@@H]2C[C@@H](O)CN2C(=O)c2cn3cc(Cl)ccc3n2)n1. The molecule has 1 aliphatic rings. The number of likely N-dealkylation sites (tertiary alicyclic amines) is 1. The summed E-state index contributed by atoms with van der Waals surface area (Å²) in [6.45, 7) is 0.580. The minimum absolute atomic E-state index is 0.00485. The number of rotatable bonds is 11. The fourth-order valence-corrected chi connectivity index (χ4v) is 5.74. The van der Waals surface area contributed by atoms with Gasteiger partial charge in [-0.3, -0.25) is 19.4 Å². The predicted octanol–water partition coefficient (Wildman–Crippen LogP) is 1.77. The quantitative estimate of drug-likeness (QED) is 0.116. The highest BCUT2D eigenvalue weighted by molar-refractivity contribution is 7.09. The minimum Gasteiger partial charge on any atom is -0.391 e. The highest BCUT2D eigenvalue weighted by atomic mass is 35.5. The monoisotopic (exact) mass is 574 g/mol. The molecule has 0 spiro atoms. The van der Waals surface area contributed by atoms with Gasteiger partial charge >= 0.3 is 0 Å². The molecular weight excluding hydrogens is 544 g/mol. The maximum absolute atomic E-state index is 13.4. The van der Waals surface area contributed by atoms with Crippen molar-refractivity contribution in [2.24, 2.45) is 22.4 Å². The van der Waals surface area contributed by atoms with Gasteiger partial charge in [-0.05, 0) is 25.0 Å². The van der Waals surface area contributed by atoms with Crippen LogP contribution in [0.2, 0.25) is 5.02 Å². The van der Waals surface area contributed by atoms with Crippen molar-refractivity contribution in [1.82, 2.24) is 24.6 Å². The third-order valence-corrected chi connectivity index (χ3v) is 7.74. The smallest absolute Gasteiger partial charge is 0.274 e. The van der Waals surface area contributed by atoms with Gasteiger partial charge in [-0.1, -0.05) is 18.0 Å². The number of nitrogens with one attached hydrogen (secondary N) is 1. The van der Waals surface area contributed by atoms with Gasteiger partial charge in [0.05, 0.1) is 17.2 Å². The number of Topliss-reactive ketones (excluding diaryl/α,β-unsaturated/α-hetero) is 1. The van der Waals surface area contributed by atoms with Crippen LogP contribution < -0.4 is 16.8 Å². The molecule has 0 aromatic carbocycles. The van der Waals surface area contributed by atoms with E-state index < -0.39 is 18.1 Å². The number of aliphatic hydroxyl groups is 1. The molecule has 12 nitrogen and oxygen atoms in total. The molecule has 3 aromatic heterocycles. The number of carbonyl (C=O) groups is 3. The Labute approximate surface area is 234 Å². The number of amides is 2. The van der Waals surface area contributed by atoms with Crippen LogP contribution in [0.3, 0.4) is 0 Å². The van der Waals surface area contributed by atoms with Crippen molar-refractivity contribution < 1.29 is 19.5 Å². The maximum Gasteiger partial charge on any atom is 0.274 e. The second kappa shape index (κ2) is 12.5. The zero-order valence-corrected chi connectivity index (χ0v) is 23.0. The summed E-state index contributed by atoms with van der Waals surface area (Å²) in [4.78, 5) is 53.2. The first-order valence-corrected chi connectivity index (χ1v) is 13.8. The van der Waals surface area contributed by atoms with Crippen LogP contribution in [0, 0.1) is 5.92 Å². The molecule has 4 rings (SSSR count). The van der Waals surface area contributed by atoms with E-state index in [4.69, 9.17) is 23.1 Å².